The van der Waals surface area contributed by atoms with Crippen molar-refractivity contribution in [1.29, 1.82) is 0 Å². The minimum absolute atomic E-state index is 0.368. The molecule has 0 fully saturated rings. The number of ether oxygens (including phenoxy) is 1. The maximum Gasteiger partial charge on any atom is 0.0949 e. The first-order valence-electron chi connectivity index (χ1n) is 6.52. The SMILES string of the molecule is Cn1cnc2c1[C@H](COCc1cccnc1)CNC2. The van der Waals surface area contributed by atoms with Gasteiger partial charge in [0.05, 0.1) is 25.2 Å². The van der Waals surface area contributed by atoms with Crippen molar-refractivity contribution in [2.75, 3.05) is 13.2 Å². The zero-order valence-electron chi connectivity index (χ0n) is 11.0. The number of nitrogens with zero attached hydrogens (tertiary/aromatic N) is 3. The molecule has 5 nitrogen and oxygen atoms in total. The molecule has 0 unspecified atom stereocenters. The van der Waals surface area contributed by atoms with Crippen molar-refractivity contribution in [1.82, 2.24) is 19.9 Å². The molecule has 0 saturated carbocycles. The van der Waals surface area contributed by atoms with Gasteiger partial charge in [-0.25, -0.2) is 4.98 Å². The summed E-state index contributed by atoms with van der Waals surface area (Å²) < 4.78 is 7.92. The van der Waals surface area contributed by atoms with Crippen molar-refractivity contribution >= 4 is 0 Å². The monoisotopic (exact) mass is 258 g/mol. The van der Waals surface area contributed by atoms with Crippen molar-refractivity contribution < 1.29 is 4.74 Å². The van der Waals surface area contributed by atoms with Gasteiger partial charge in [-0.15, -0.1) is 0 Å². The number of nitrogens with one attached hydrogen (secondary N) is 1. The van der Waals surface area contributed by atoms with Gasteiger partial charge in [0.25, 0.3) is 0 Å². The normalized spacial score (nSPS) is 18.3. The first-order valence-corrected chi connectivity index (χ1v) is 6.52. The molecule has 0 radical (unpaired) electrons. The van der Waals surface area contributed by atoms with Gasteiger partial charge in [0.2, 0.25) is 0 Å². The summed E-state index contributed by atoms with van der Waals surface area (Å²) in [7, 11) is 2.05. The first kappa shape index (κ1) is 12.3. The highest BCUT2D eigenvalue weighted by Gasteiger charge is 2.23. The third kappa shape index (κ3) is 2.67. The van der Waals surface area contributed by atoms with Crippen LogP contribution in [0.25, 0.3) is 0 Å². The van der Waals surface area contributed by atoms with Crippen LogP contribution < -0.4 is 5.32 Å². The Labute approximate surface area is 112 Å². The average Bonchev–Trinajstić information content (AvgIpc) is 2.83. The number of fused-ring (bicyclic) bond motifs is 1. The van der Waals surface area contributed by atoms with E-state index in [-0.39, 0.29) is 0 Å². The number of hydrogen-bond acceptors (Lipinski definition) is 4. The highest BCUT2D eigenvalue weighted by molar-refractivity contribution is 5.21. The molecule has 2 aromatic rings. The number of aromatic nitrogens is 3. The van der Waals surface area contributed by atoms with Crippen LogP contribution in [0, 0.1) is 0 Å². The summed E-state index contributed by atoms with van der Waals surface area (Å²) in [6, 6.07) is 3.96. The lowest BCUT2D eigenvalue weighted by Gasteiger charge is -2.24. The van der Waals surface area contributed by atoms with E-state index in [1.807, 2.05) is 31.7 Å². The van der Waals surface area contributed by atoms with E-state index in [9.17, 15) is 0 Å². The molecule has 1 aliphatic heterocycles. The van der Waals surface area contributed by atoms with Gasteiger partial charge in [0.15, 0.2) is 0 Å². The van der Waals surface area contributed by atoms with E-state index in [1.165, 1.54) is 5.69 Å². The molecule has 3 rings (SSSR count). The Morgan fingerprint density at radius 3 is 3.32 bits per heavy atom. The highest BCUT2D eigenvalue weighted by atomic mass is 16.5. The molecule has 1 atom stereocenters. The molecule has 0 bridgehead atoms. The van der Waals surface area contributed by atoms with E-state index in [0.29, 0.717) is 19.1 Å². The van der Waals surface area contributed by atoms with Crippen LogP contribution in [0.3, 0.4) is 0 Å². The van der Waals surface area contributed by atoms with Gasteiger partial charge in [-0.2, -0.15) is 0 Å². The second-order valence-electron chi connectivity index (χ2n) is 4.89. The lowest BCUT2D eigenvalue weighted by atomic mass is 10.0. The predicted octanol–water partition coefficient (Wildman–Crippen LogP) is 1.22. The third-order valence-corrected chi connectivity index (χ3v) is 3.44. The van der Waals surface area contributed by atoms with E-state index >= 15 is 0 Å². The summed E-state index contributed by atoms with van der Waals surface area (Å²) in [5.74, 6) is 0.368. The Bertz CT molecular complexity index is 538. The predicted molar refractivity (Wildman–Crippen MR) is 71.5 cm³/mol. The van der Waals surface area contributed by atoms with Crippen LogP contribution in [0.1, 0.15) is 22.9 Å². The molecule has 2 aromatic heterocycles. The van der Waals surface area contributed by atoms with Crippen molar-refractivity contribution in [3.63, 3.8) is 0 Å². The minimum Gasteiger partial charge on any atom is -0.376 e. The molecule has 0 saturated heterocycles. The number of hydrogen-bond donors (Lipinski definition) is 1. The zero-order valence-corrected chi connectivity index (χ0v) is 11.0. The molecular weight excluding hydrogens is 240 g/mol. The van der Waals surface area contributed by atoms with E-state index in [1.54, 1.807) is 6.20 Å². The van der Waals surface area contributed by atoms with Gasteiger partial charge >= 0.3 is 0 Å². The fourth-order valence-electron chi connectivity index (χ4n) is 2.55. The number of imidazole rings is 1. The van der Waals surface area contributed by atoms with Crippen molar-refractivity contribution in [3.05, 3.63) is 47.8 Å². The van der Waals surface area contributed by atoms with Crippen molar-refractivity contribution in [2.45, 2.75) is 19.1 Å². The molecule has 0 spiro atoms. The summed E-state index contributed by atoms with van der Waals surface area (Å²) in [5.41, 5.74) is 3.55. The zero-order chi connectivity index (χ0) is 13.1. The van der Waals surface area contributed by atoms with Gasteiger partial charge in [0, 0.05) is 44.1 Å². The maximum atomic E-state index is 5.82. The molecule has 1 N–H and O–H groups in total. The average molecular weight is 258 g/mol. The Morgan fingerprint density at radius 2 is 2.47 bits per heavy atom. The van der Waals surface area contributed by atoms with Crippen LogP contribution in [-0.2, 0) is 24.9 Å². The maximum absolute atomic E-state index is 5.82. The molecule has 100 valence electrons. The van der Waals surface area contributed by atoms with Gasteiger partial charge in [-0.3, -0.25) is 4.98 Å². The second-order valence-corrected chi connectivity index (χ2v) is 4.89. The molecular formula is C14H18N4O. The molecule has 0 aliphatic carbocycles. The fraction of sp³-hybridized carbons (Fsp3) is 0.429. The molecule has 5 heteroatoms. The molecule has 1 aliphatic rings. The Kier molecular flexibility index (Phi) is 3.57. The quantitative estimate of drug-likeness (QED) is 0.896. The summed E-state index contributed by atoms with van der Waals surface area (Å²) in [4.78, 5) is 8.49. The topological polar surface area (TPSA) is 52.0 Å². The largest absolute Gasteiger partial charge is 0.376 e. The van der Waals surface area contributed by atoms with Crippen LogP contribution in [-0.4, -0.2) is 27.7 Å². The van der Waals surface area contributed by atoms with Crippen molar-refractivity contribution in [2.24, 2.45) is 7.05 Å². The van der Waals surface area contributed by atoms with Gasteiger partial charge in [-0.1, -0.05) is 6.07 Å². The molecule has 3 heterocycles. The van der Waals surface area contributed by atoms with Gasteiger partial charge < -0.3 is 14.6 Å². The molecule has 0 amide bonds. The van der Waals surface area contributed by atoms with E-state index in [0.717, 1.165) is 24.3 Å². The summed E-state index contributed by atoms with van der Waals surface area (Å²) in [5, 5.41) is 3.38. The Balaban J connectivity index is 1.61. The number of pyridine rings is 1. The van der Waals surface area contributed by atoms with Crippen LogP contribution in [0.15, 0.2) is 30.9 Å². The van der Waals surface area contributed by atoms with Gasteiger partial charge in [0.1, 0.15) is 0 Å². The first-order chi connectivity index (χ1) is 9.34. The number of aryl methyl sites for hydroxylation is 1. The molecule has 19 heavy (non-hydrogen) atoms. The fourth-order valence-corrected chi connectivity index (χ4v) is 2.55. The number of rotatable bonds is 4. The minimum atomic E-state index is 0.368. The van der Waals surface area contributed by atoms with E-state index in [2.05, 4.69) is 19.9 Å². The van der Waals surface area contributed by atoms with Crippen LogP contribution >= 0.6 is 0 Å². The van der Waals surface area contributed by atoms with E-state index < -0.39 is 0 Å². The van der Waals surface area contributed by atoms with Crippen LogP contribution in [0.5, 0.6) is 0 Å². The summed E-state index contributed by atoms with van der Waals surface area (Å²) >= 11 is 0. The van der Waals surface area contributed by atoms with Crippen LogP contribution in [0.2, 0.25) is 0 Å². The van der Waals surface area contributed by atoms with Crippen molar-refractivity contribution in [3.8, 4) is 0 Å². The van der Waals surface area contributed by atoms with E-state index in [4.69, 9.17) is 4.74 Å². The Morgan fingerprint density at radius 1 is 1.53 bits per heavy atom. The lowest BCUT2D eigenvalue weighted by molar-refractivity contribution is 0.103. The smallest absolute Gasteiger partial charge is 0.0949 e. The molecule has 0 aromatic carbocycles. The highest BCUT2D eigenvalue weighted by Crippen LogP contribution is 2.23. The summed E-state index contributed by atoms with van der Waals surface area (Å²) in [6.07, 6.45) is 5.50. The van der Waals surface area contributed by atoms with Crippen LogP contribution in [0.4, 0.5) is 0 Å². The standard InChI is InChI=1S/C14H18N4O/c1-18-10-17-13-7-16-6-12(14(13)18)9-19-8-11-3-2-4-15-5-11/h2-5,10,12,16H,6-9H2,1H3/t12-/m0/s1. The Hall–Kier alpha value is -1.72. The summed E-state index contributed by atoms with van der Waals surface area (Å²) in [6.45, 7) is 3.11. The lowest BCUT2D eigenvalue weighted by Crippen LogP contribution is -2.31. The second kappa shape index (κ2) is 5.50. The third-order valence-electron chi connectivity index (χ3n) is 3.44. The van der Waals surface area contributed by atoms with Gasteiger partial charge in [-0.05, 0) is 11.6 Å².